The van der Waals surface area contributed by atoms with E-state index in [0.717, 1.165) is 77.3 Å². The number of rotatable bonds is 5. The maximum atomic E-state index is 6.77. The number of aromatic nitrogens is 3. The highest BCUT2D eigenvalue weighted by Gasteiger charge is 2.22. The maximum absolute atomic E-state index is 6.77. The van der Waals surface area contributed by atoms with Crippen LogP contribution in [0.3, 0.4) is 0 Å². The van der Waals surface area contributed by atoms with E-state index in [1.54, 1.807) is 0 Å². The molecule has 55 heavy (non-hydrogen) atoms. The summed E-state index contributed by atoms with van der Waals surface area (Å²) in [6.45, 7) is 0. The third-order valence-corrected chi connectivity index (χ3v) is 11.5. The standard InChI is InChI=1S/C45H32B5N3O2/c46-36-34(37(47)39(49)40(50)38(36)48)24-12-6-13-25(22-24)44-51-43(23-10-2-1-3-11-23)52-45(53-44)31-19-8-18-30-35-27(15-9-21-33(35)55-42(30)31)29-17-7-16-28-26-14-4-5-20-32(26)54-41(28)29/h1-22H,46-50H2. The number of fused-ring (bicyclic) bond motifs is 6. The molecule has 0 bridgehead atoms. The van der Waals surface area contributed by atoms with Crippen LogP contribution in [0, 0.1) is 0 Å². The van der Waals surface area contributed by atoms with E-state index < -0.39 is 0 Å². The molecule has 0 unspecified atom stereocenters. The second-order valence-corrected chi connectivity index (χ2v) is 14.5. The van der Waals surface area contributed by atoms with E-state index in [-0.39, 0.29) is 0 Å². The number of para-hydroxylation sites is 3. The molecule has 0 aliphatic heterocycles. The Morgan fingerprint density at radius 2 is 0.873 bits per heavy atom. The summed E-state index contributed by atoms with van der Waals surface area (Å²) in [6.07, 6.45) is 0. The van der Waals surface area contributed by atoms with Gasteiger partial charge in [-0.25, -0.2) is 15.0 Å². The average Bonchev–Trinajstić information content (AvgIpc) is 3.81. The van der Waals surface area contributed by atoms with Crippen LogP contribution >= 0.6 is 0 Å². The van der Waals surface area contributed by atoms with Gasteiger partial charge in [-0.1, -0.05) is 120 Å². The molecule has 0 spiro atoms. The van der Waals surface area contributed by atoms with Crippen LogP contribution in [0.5, 0.6) is 0 Å². The summed E-state index contributed by atoms with van der Waals surface area (Å²) in [7, 11) is 11.1. The normalized spacial score (nSPS) is 11.6. The first-order chi connectivity index (χ1) is 26.9. The molecule has 0 saturated heterocycles. The highest BCUT2D eigenvalue weighted by atomic mass is 16.3. The topological polar surface area (TPSA) is 65.0 Å². The molecule has 0 amide bonds. The lowest BCUT2D eigenvalue weighted by Gasteiger charge is -2.20. The van der Waals surface area contributed by atoms with Crippen molar-refractivity contribution in [2.75, 3.05) is 0 Å². The van der Waals surface area contributed by atoms with Crippen LogP contribution in [0.15, 0.2) is 142 Å². The van der Waals surface area contributed by atoms with Gasteiger partial charge in [-0.15, -0.1) is 16.4 Å². The van der Waals surface area contributed by atoms with E-state index >= 15 is 0 Å². The number of furan rings is 2. The lowest BCUT2D eigenvalue weighted by molar-refractivity contribution is 0.669. The fraction of sp³-hybridized carbons (Fsp3) is 0. The first-order valence-corrected chi connectivity index (χ1v) is 18.7. The predicted molar refractivity (Wildman–Crippen MR) is 242 cm³/mol. The number of benzene rings is 7. The van der Waals surface area contributed by atoms with E-state index in [1.807, 2.05) is 60.7 Å². The van der Waals surface area contributed by atoms with Crippen LogP contribution in [0.25, 0.3) is 100 Å². The second kappa shape index (κ2) is 12.8. The smallest absolute Gasteiger partial charge is 0.167 e. The molecule has 254 valence electrons. The van der Waals surface area contributed by atoms with Crippen LogP contribution in [0.4, 0.5) is 0 Å². The molecule has 10 aromatic rings. The highest BCUT2D eigenvalue weighted by Crippen LogP contribution is 2.43. The van der Waals surface area contributed by atoms with Crippen LogP contribution in [0.1, 0.15) is 0 Å². The summed E-state index contributed by atoms with van der Waals surface area (Å²) < 4.78 is 13.3. The Labute approximate surface area is 322 Å². The molecular weight excluding hydrogens is 669 g/mol. The molecular formula is C45H32B5N3O2. The van der Waals surface area contributed by atoms with Crippen molar-refractivity contribution in [3.63, 3.8) is 0 Å². The van der Waals surface area contributed by atoms with Crippen molar-refractivity contribution in [1.82, 2.24) is 15.0 Å². The molecule has 0 radical (unpaired) electrons. The lowest BCUT2D eigenvalue weighted by atomic mass is 9.59. The summed E-state index contributed by atoms with van der Waals surface area (Å²) >= 11 is 0. The summed E-state index contributed by atoms with van der Waals surface area (Å²) in [5, 5.41) is 4.20. The maximum Gasteiger partial charge on any atom is 0.167 e. The molecule has 0 aliphatic rings. The van der Waals surface area contributed by atoms with Gasteiger partial charge in [0.1, 0.15) is 61.6 Å². The van der Waals surface area contributed by atoms with Crippen molar-refractivity contribution in [1.29, 1.82) is 0 Å². The van der Waals surface area contributed by atoms with E-state index in [0.29, 0.717) is 17.5 Å². The monoisotopic (exact) mass is 701 g/mol. The summed E-state index contributed by atoms with van der Waals surface area (Å²) in [6, 6.07) is 45.7. The molecule has 7 aromatic carbocycles. The minimum Gasteiger partial charge on any atom is -0.455 e. The highest BCUT2D eigenvalue weighted by molar-refractivity contribution is 6.68. The largest absolute Gasteiger partial charge is 0.455 e. The fourth-order valence-corrected chi connectivity index (χ4v) is 8.30. The van der Waals surface area contributed by atoms with Crippen molar-refractivity contribution in [2.45, 2.75) is 0 Å². The summed E-state index contributed by atoms with van der Waals surface area (Å²) in [4.78, 5) is 15.4. The molecule has 3 aromatic heterocycles. The Hall–Kier alpha value is -6.53. The third-order valence-electron chi connectivity index (χ3n) is 11.5. The van der Waals surface area contributed by atoms with Gasteiger partial charge in [0, 0.05) is 38.2 Å². The van der Waals surface area contributed by atoms with E-state index in [2.05, 4.69) is 112 Å². The van der Waals surface area contributed by atoms with Crippen molar-refractivity contribution in [2.24, 2.45) is 0 Å². The van der Waals surface area contributed by atoms with Crippen LogP contribution in [-0.2, 0) is 0 Å². The zero-order valence-electron chi connectivity index (χ0n) is 31.4. The molecule has 0 aliphatic carbocycles. The Morgan fingerprint density at radius 1 is 0.364 bits per heavy atom. The number of hydrogen-bond donors (Lipinski definition) is 0. The van der Waals surface area contributed by atoms with Gasteiger partial charge in [0.2, 0.25) is 0 Å². The number of hydrogen-bond acceptors (Lipinski definition) is 5. The van der Waals surface area contributed by atoms with E-state index in [4.69, 9.17) is 23.8 Å². The van der Waals surface area contributed by atoms with Gasteiger partial charge in [0.15, 0.2) is 17.5 Å². The molecule has 5 nitrogen and oxygen atoms in total. The Kier molecular flexibility index (Phi) is 7.70. The van der Waals surface area contributed by atoms with Crippen molar-refractivity contribution >= 4 is 110 Å². The van der Waals surface area contributed by atoms with Crippen LogP contribution in [0.2, 0.25) is 0 Å². The van der Waals surface area contributed by atoms with Gasteiger partial charge in [-0.3, -0.25) is 0 Å². The molecule has 3 heterocycles. The predicted octanol–water partition coefficient (Wildman–Crippen LogP) is 3.30. The molecule has 10 heteroatoms. The zero-order valence-corrected chi connectivity index (χ0v) is 31.4. The fourth-order valence-electron chi connectivity index (χ4n) is 8.30. The van der Waals surface area contributed by atoms with Gasteiger partial charge in [-0.2, -0.15) is 0 Å². The lowest BCUT2D eigenvalue weighted by Crippen LogP contribution is -2.55. The molecule has 10 rings (SSSR count). The second-order valence-electron chi connectivity index (χ2n) is 14.5. The minimum atomic E-state index is 0.550. The van der Waals surface area contributed by atoms with Crippen LogP contribution in [-0.4, -0.2) is 54.2 Å². The molecule has 0 saturated carbocycles. The SMILES string of the molecule is Bc1c(B)c(B)c(-c2cccc(-c3nc(-c4ccccc4)nc(-c4cccc5c4oc4cccc(-c6cccc7c6oc6ccccc67)c45)n3)c2)c(B)c1B. The Balaban J connectivity index is 1.18. The van der Waals surface area contributed by atoms with Crippen molar-refractivity contribution in [3.8, 4) is 56.4 Å². The van der Waals surface area contributed by atoms with Gasteiger partial charge in [0.25, 0.3) is 0 Å². The Bertz CT molecular complexity index is 3150. The molecule has 0 N–H and O–H groups in total. The minimum absolute atomic E-state index is 0.550. The van der Waals surface area contributed by atoms with Crippen LogP contribution < -0.4 is 27.3 Å². The van der Waals surface area contributed by atoms with Gasteiger partial charge >= 0.3 is 0 Å². The molecule has 0 atom stereocenters. The molecule has 0 fully saturated rings. The third kappa shape index (κ3) is 5.27. The zero-order chi connectivity index (χ0) is 37.4. The van der Waals surface area contributed by atoms with E-state index in [1.165, 1.54) is 32.9 Å². The first kappa shape index (κ1) is 33.1. The number of nitrogens with zero attached hydrogens (tertiary/aromatic N) is 3. The van der Waals surface area contributed by atoms with Gasteiger partial charge in [-0.05, 0) is 41.0 Å². The first-order valence-electron chi connectivity index (χ1n) is 18.7. The van der Waals surface area contributed by atoms with Crippen molar-refractivity contribution in [3.05, 3.63) is 133 Å². The van der Waals surface area contributed by atoms with Gasteiger partial charge < -0.3 is 8.83 Å². The summed E-state index contributed by atoms with van der Waals surface area (Å²) in [5.41, 5.74) is 17.0. The Morgan fingerprint density at radius 3 is 1.67 bits per heavy atom. The van der Waals surface area contributed by atoms with E-state index in [9.17, 15) is 0 Å². The summed E-state index contributed by atoms with van der Waals surface area (Å²) in [5.74, 6) is 1.76. The van der Waals surface area contributed by atoms with Gasteiger partial charge in [0.05, 0.1) is 5.56 Å². The average molecular weight is 701 g/mol. The van der Waals surface area contributed by atoms with Crippen molar-refractivity contribution < 1.29 is 8.83 Å². The quantitative estimate of drug-likeness (QED) is 0.258.